The van der Waals surface area contributed by atoms with Crippen LogP contribution in [0.25, 0.3) is 38.6 Å². The van der Waals surface area contributed by atoms with E-state index in [2.05, 4.69) is 196 Å². The molecule has 1 aliphatic rings. The molecule has 4 heteroatoms. The Morgan fingerprint density at radius 1 is 0.365 bits per heavy atom. The highest BCUT2D eigenvalue weighted by atomic mass is 16.5. The first kappa shape index (κ1) is 29.8. The van der Waals surface area contributed by atoms with E-state index in [0.29, 0.717) is 0 Å². The smallest absolute Gasteiger partial charge is 0.152 e. The van der Waals surface area contributed by atoms with Crippen LogP contribution in [0.2, 0.25) is 0 Å². The van der Waals surface area contributed by atoms with Gasteiger partial charge in [-0.15, -0.1) is 0 Å². The summed E-state index contributed by atoms with van der Waals surface area (Å²) >= 11 is 0. The van der Waals surface area contributed by atoms with E-state index in [1.54, 1.807) is 0 Å². The second kappa shape index (κ2) is 12.4. The fourth-order valence-electron chi connectivity index (χ4n) is 7.57. The lowest BCUT2D eigenvalue weighted by Crippen LogP contribution is -2.15. The van der Waals surface area contributed by atoms with Gasteiger partial charge in [0, 0.05) is 39.2 Å². The molecule has 0 fully saturated rings. The standard InChI is InChI=1S/C48H33N3O/c1-3-13-36(14-4-1)49(39-28-30-40(31-29-39)50-43-19-9-7-17-41(43)42-18-8-10-20-44(42)50)38-26-23-34(24-27-38)35-25-32-46-48(33-35)52-47-22-12-11-21-45(47)51(46)37-15-5-2-6-16-37/h1-33H. The van der Waals surface area contributed by atoms with E-state index in [-0.39, 0.29) is 0 Å². The van der Waals surface area contributed by atoms with Gasteiger partial charge in [0.2, 0.25) is 0 Å². The zero-order chi connectivity index (χ0) is 34.4. The van der Waals surface area contributed by atoms with E-state index in [1.807, 2.05) is 18.2 Å². The molecule has 8 aromatic carbocycles. The van der Waals surface area contributed by atoms with Crippen molar-refractivity contribution in [2.24, 2.45) is 0 Å². The third kappa shape index (κ3) is 5.00. The molecule has 2 heterocycles. The Hall–Kier alpha value is -7.04. The normalized spacial score (nSPS) is 12.0. The van der Waals surface area contributed by atoms with Gasteiger partial charge < -0.3 is 19.1 Å². The van der Waals surface area contributed by atoms with Gasteiger partial charge in [0.15, 0.2) is 11.5 Å². The van der Waals surface area contributed by atoms with Crippen LogP contribution in [0.15, 0.2) is 200 Å². The summed E-state index contributed by atoms with van der Waals surface area (Å²) in [5.41, 5.74) is 12.2. The number of fused-ring (bicyclic) bond motifs is 5. The fourth-order valence-corrected chi connectivity index (χ4v) is 7.57. The maximum absolute atomic E-state index is 6.50. The quantitative estimate of drug-likeness (QED) is 0.176. The summed E-state index contributed by atoms with van der Waals surface area (Å²) < 4.78 is 8.86. The summed E-state index contributed by atoms with van der Waals surface area (Å²) in [5, 5.41) is 2.52. The van der Waals surface area contributed by atoms with Crippen LogP contribution < -0.4 is 14.5 Å². The topological polar surface area (TPSA) is 20.6 Å². The lowest BCUT2D eigenvalue weighted by molar-refractivity contribution is 0.477. The summed E-state index contributed by atoms with van der Waals surface area (Å²) in [7, 11) is 0. The van der Waals surface area contributed by atoms with Crippen molar-refractivity contribution in [1.82, 2.24) is 4.57 Å². The summed E-state index contributed by atoms with van der Waals surface area (Å²) in [6.45, 7) is 0. The Morgan fingerprint density at radius 2 is 0.885 bits per heavy atom. The molecule has 1 aromatic heterocycles. The first-order valence-corrected chi connectivity index (χ1v) is 17.6. The monoisotopic (exact) mass is 667 g/mol. The minimum Gasteiger partial charge on any atom is -0.453 e. The van der Waals surface area contributed by atoms with Crippen LogP contribution in [-0.2, 0) is 0 Å². The van der Waals surface area contributed by atoms with Crippen LogP contribution in [-0.4, -0.2) is 4.57 Å². The van der Waals surface area contributed by atoms with Crippen molar-refractivity contribution in [3.63, 3.8) is 0 Å². The van der Waals surface area contributed by atoms with Gasteiger partial charge in [0.25, 0.3) is 0 Å². The van der Waals surface area contributed by atoms with Crippen LogP contribution in [0.5, 0.6) is 11.5 Å². The molecule has 0 saturated carbocycles. The van der Waals surface area contributed by atoms with Crippen LogP contribution in [0, 0.1) is 0 Å². The maximum Gasteiger partial charge on any atom is 0.152 e. The Kier molecular flexibility index (Phi) is 7.10. The summed E-state index contributed by atoms with van der Waals surface area (Å²) in [5.74, 6) is 1.67. The zero-order valence-corrected chi connectivity index (χ0v) is 28.3. The van der Waals surface area contributed by atoms with Crippen LogP contribution in [0.1, 0.15) is 0 Å². The molecule has 246 valence electrons. The summed E-state index contributed by atoms with van der Waals surface area (Å²) in [4.78, 5) is 4.58. The van der Waals surface area contributed by atoms with Gasteiger partial charge in [-0.05, 0) is 108 Å². The van der Waals surface area contributed by atoms with E-state index in [4.69, 9.17) is 4.74 Å². The van der Waals surface area contributed by atoms with Crippen LogP contribution in [0.4, 0.5) is 34.1 Å². The third-order valence-electron chi connectivity index (χ3n) is 9.96. The van der Waals surface area contributed by atoms with Crippen molar-refractivity contribution in [1.29, 1.82) is 0 Å². The maximum atomic E-state index is 6.50. The fraction of sp³-hybridized carbons (Fsp3) is 0. The van der Waals surface area contributed by atoms with Crippen molar-refractivity contribution in [2.45, 2.75) is 0 Å². The van der Waals surface area contributed by atoms with Gasteiger partial charge in [-0.3, -0.25) is 0 Å². The number of hydrogen-bond donors (Lipinski definition) is 0. The molecule has 0 amide bonds. The molecule has 0 unspecified atom stereocenters. The molecule has 52 heavy (non-hydrogen) atoms. The Bertz CT molecular complexity index is 2650. The van der Waals surface area contributed by atoms with Crippen molar-refractivity contribution in [2.75, 3.05) is 9.80 Å². The second-order valence-electron chi connectivity index (χ2n) is 13.0. The van der Waals surface area contributed by atoms with E-state index < -0.39 is 0 Å². The minimum atomic E-state index is 0.832. The Balaban J connectivity index is 1.00. The number of aromatic nitrogens is 1. The zero-order valence-electron chi connectivity index (χ0n) is 28.3. The van der Waals surface area contributed by atoms with E-state index in [0.717, 1.165) is 62.4 Å². The highest BCUT2D eigenvalue weighted by Crippen LogP contribution is 2.51. The third-order valence-corrected chi connectivity index (χ3v) is 9.96. The molecule has 10 rings (SSSR count). The van der Waals surface area contributed by atoms with Crippen LogP contribution in [0.3, 0.4) is 0 Å². The number of para-hydroxylation sites is 6. The number of anilines is 6. The molecule has 0 atom stereocenters. The average Bonchev–Trinajstić information content (AvgIpc) is 3.55. The Morgan fingerprint density at radius 3 is 1.58 bits per heavy atom. The minimum absolute atomic E-state index is 0.832. The largest absolute Gasteiger partial charge is 0.453 e. The van der Waals surface area contributed by atoms with E-state index >= 15 is 0 Å². The summed E-state index contributed by atoms with van der Waals surface area (Å²) in [6.07, 6.45) is 0. The molecular weight excluding hydrogens is 635 g/mol. The number of benzene rings is 8. The van der Waals surface area contributed by atoms with Crippen molar-refractivity contribution < 1.29 is 4.74 Å². The molecule has 0 N–H and O–H groups in total. The van der Waals surface area contributed by atoms with E-state index in [9.17, 15) is 0 Å². The van der Waals surface area contributed by atoms with Gasteiger partial charge in [-0.2, -0.15) is 0 Å². The van der Waals surface area contributed by atoms with Gasteiger partial charge in [-0.25, -0.2) is 0 Å². The lowest BCUT2D eigenvalue weighted by Gasteiger charge is -2.33. The predicted molar refractivity (Wildman–Crippen MR) is 216 cm³/mol. The number of rotatable bonds is 6. The van der Waals surface area contributed by atoms with Crippen molar-refractivity contribution >= 4 is 55.9 Å². The van der Waals surface area contributed by atoms with Crippen LogP contribution >= 0.6 is 0 Å². The molecule has 1 aliphatic heterocycles. The number of hydrogen-bond acceptors (Lipinski definition) is 3. The van der Waals surface area contributed by atoms with Gasteiger partial charge in [0.1, 0.15) is 0 Å². The first-order valence-electron chi connectivity index (χ1n) is 17.6. The SMILES string of the molecule is c1ccc(N(c2ccc(-c3ccc4c(c3)Oc3ccccc3N4c3ccccc3)cc2)c2ccc(-n3c4ccccc4c4ccccc43)cc2)cc1. The number of nitrogens with zero attached hydrogens (tertiary/aromatic N) is 3. The molecule has 0 bridgehead atoms. The number of ether oxygens (including phenoxy) is 1. The summed E-state index contributed by atoms with van der Waals surface area (Å²) in [6, 6.07) is 70.7. The van der Waals surface area contributed by atoms with Crippen molar-refractivity contribution in [3.05, 3.63) is 200 Å². The lowest BCUT2D eigenvalue weighted by atomic mass is 10.0. The van der Waals surface area contributed by atoms with Gasteiger partial charge in [-0.1, -0.05) is 103 Å². The Labute approximate surface area is 302 Å². The highest BCUT2D eigenvalue weighted by Gasteiger charge is 2.26. The van der Waals surface area contributed by atoms with Crippen molar-refractivity contribution in [3.8, 4) is 28.3 Å². The predicted octanol–water partition coefficient (Wildman–Crippen LogP) is 13.5. The molecule has 0 saturated heterocycles. The first-order chi connectivity index (χ1) is 25.8. The molecule has 0 spiro atoms. The molecular formula is C48H33N3O. The molecule has 9 aromatic rings. The molecule has 4 nitrogen and oxygen atoms in total. The molecule has 0 aliphatic carbocycles. The van der Waals surface area contributed by atoms with Gasteiger partial charge in [0.05, 0.1) is 22.4 Å². The van der Waals surface area contributed by atoms with E-state index in [1.165, 1.54) is 21.8 Å². The average molecular weight is 668 g/mol. The highest BCUT2D eigenvalue weighted by molar-refractivity contribution is 6.09. The molecule has 0 radical (unpaired) electrons. The second-order valence-corrected chi connectivity index (χ2v) is 13.0. The van der Waals surface area contributed by atoms with Gasteiger partial charge >= 0.3 is 0 Å².